The van der Waals surface area contributed by atoms with E-state index in [4.69, 9.17) is 0 Å². The van der Waals surface area contributed by atoms with Gasteiger partial charge in [0.05, 0.1) is 22.8 Å². The van der Waals surface area contributed by atoms with Gasteiger partial charge in [-0.25, -0.2) is 10.4 Å². The Kier molecular flexibility index (Phi) is 4.32. The van der Waals surface area contributed by atoms with Crippen molar-refractivity contribution >= 4 is 23.2 Å². The van der Waals surface area contributed by atoms with Crippen LogP contribution in [0.4, 0.5) is 0 Å². The number of nitrogens with zero attached hydrogens (tertiary/aromatic N) is 3. The average molecular weight is 357 g/mol. The molecule has 0 aliphatic carbocycles. The number of aromatic amines is 1. The number of imidazole rings is 1. The number of para-hydroxylation sites is 1. The average Bonchev–Trinajstić information content (AvgIpc) is 3.12. The van der Waals surface area contributed by atoms with Gasteiger partial charge in [0, 0.05) is 23.5 Å². The number of rotatable bonds is 4. The molecule has 27 heavy (non-hydrogen) atoms. The fraction of sp³-hybridized carbons (Fsp3) is 0. The van der Waals surface area contributed by atoms with Crippen LogP contribution in [0.15, 0.2) is 72.1 Å². The summed E-state index contributed by atoms with van der Waals surface area (Å²) in [5, 5.41) is 13.9. The predicted octanol–water partition coefficient (Wildman–Crippen LogP) is 3.09. The summed E-state index contributed by atoms with van der Waals surface area (Å²) in [6.07, 6.45) is 4.84. The van der Waals surface area contributed by atoms with Gasteiger partial charge in [-0.1, -0.05) is 18.2 Å². The zero-order valence-corrected chi connectivity index (χ0v) is 14.1. The largest absolute Gasteiger partial charge is 0.507 e. The minimum absolute atomic E-state index is 0.138. The lowest BCUT2D eigenvalue weighted by Crippen LogP contribution is -2.17. The van der Waals surface area contributed by atoms with Gasteiger partial charge in [0.1, 0.15) is 11.6 Å². The van der Waals surface area contributed by atoms with E-state index < -0.39 is 0 Å². The van der Waals surface area contributed by atoms with E-state index in [9.17, 15) is 9.90 Å². The lowest BCUT2D eigenvalue weighted by molar-refractivity contribution is 0.0955. The first-order valence-corrected chi connectivity index (χ1v) is 8.22. The normalized spacial score (nSPS) is 11.1. The number of H-pyrrole nitrogens is 1. The van der Waals surface area contributed by atoms with E-state index in [-0.39, 0.29) is 11.7 Å². The Morgan fingerprint density at radius 2 is 2.04 bits per heavy atom. The smallest absolute Gasteiger partial charge is 0.271 e. The Bertz CT molecular complexity index is 1140. The summed E-state index contributed by atoms with van der Waals surface area (Å²) in [6, 6.07) is 15.7. The molecule has 2 aromatic heterocycles. The number of benzene rings is 2. The number of hydrogen-bond acceptors (Lipinski definition) is 5. The van der Waals surface area contributed by atoms with E-state index in [1.165, 1.54) is 6.21 Å². The molecule has 7 heteroatoms. The fourth-order valence-corrected chi connectivity index (χ4v) is 2.63. The number of nitrogens with one attached hydrogen (secondary N) is 2. The van der Waals surface area contributed by atoms with Gasteiger partial charge in [-0.2, -0.15) is 5.10 Å². The molecule has 0 aliphatic heterocycles. The molecule has 2 aromatic carbocycles. The quantitative estimate of drug-likeness (QED) is 0.386. The lowest BCUT2D eigenvalue weighted by Gasteiger charge is -2.00. The van der Waals surface area contributed by atoms with Gasteiger partial charge in [-0.3, -0.25) is 9.78 Å². The topological polar surface area (TPSA) is 103 Å². The van der Waals surface area contributed by atoms with Gasteiger partial charge in [-0.15, -0.1) is 0 Å². The zero-order valence-electron chi connectivity index (χ0n) is 14.1. The van der Waals surface area contributed by atoms with Crippen LogP contribution in [0.25, 0.3) is 22.4 Å². The standard InChI is InChI=1S/C20H15N5O2/c26-18-6-2-1-5-15(18)19-23-16-8-7-14(10-17(16)24-19)20(27)25-22-12-13-4-3-9-21-11-13/h1-12,26H,(H,23,24)(H,25,27)/b22-12+. The highest BCUT2D eigenvalue weighted by molar-refractivity contribution is 5.98. The summed E-state index contributed by atoms with van der Waals surface area (Å²) >= 11 is 0. The highest BCUT2D eigenvalue weighted by Gasteiger charge is 2.11. The minimum Gasteiger partial charge on any atom is -0.507 e. The van der Waals surface area contributed by atoms with Crippen LogP contribution in [0.3, 0.4) is 0 Å². The van der Waals surface area contributed by atoms with Crippen molar-refractivity contribution in [2.75, 3.05) is 0 Å². The van der Waals surface area contributed by atoms with E-state index in [0.29, 0.717) is 28.0 Å². The molecule has 0 saturated carbocycles. The van der Waals surface area contributed by atoms with Crippen LogP contribution in [0.1, 0.15) is 15.9 Å². The number of aromatic nitrogens is 3. The molecule has 0 unspecified atom stereocenters. The number of hydrazone groups is 1. The zero-order chi connectivity index (χ0) is 18.6. The van der Waals surface area contributed by atoms with Gasteiger partial charge in [0.2, 0.25) is 0 Å². The molecule has 0 fully saturated rings. The molecule has 0 aliphatic rings. The molecule has 132 valence electrons. The summed E-state index contributed by atoms with van der Waals surface area (Å²) in [5.74, 6) is 0.338. The van der Waals surface area contributed by atoms with Gasteiger partial charge >= 0.3 is 0 Å². The number of carbonyl (C=O) groups is 1. The van der Waals surface area contributed by atoms with E-state index in [1.807, 2.05) is 12.1 Å². The highest BCUT2D eigenvalue weighted by atomic mass is 16.3. The van der Waals surface area contributed by atoms with Gasteiger partial charge in [0.15, 0.2) is 0 Å². The Morgan fingerprint density at radius 3 is 2.85 bits per heavy atom. The van der Waals surface area contributed by atoms with Crippen LogP contribution < -0.4 is 5.43 Å². The van der Waals surface area contributed by atoms with Crippen LogP contribution in [0.5, 0.6) is 5.75 Å². The molecular formula is C20H15N5O2. The number of phenolic OH excluding ortho intramolecular Hbond substituents is 1. The van der Waals surface area contributed by atoms with Gasteiger partial charge in [-0.05, 0) is 36.4 Å². The third-order valence-electron chi connectivity index (χ3n) is 3.97. The molecule has 1 amide bonds. The van der Waals surface area contributed by atoms with Crippen molar-refractivity contribution in [2.45, 2.75) is 0 Å². The van der Waals surface area contributed by atoms with Gasteiger partial charge < -0.3 is 10.1 Å². The van der Waals surface area contributed by atoms with Crippen LogP contribution in [-0.4, -0.2) is 32.2 Å². The second kappa shape index (κ2) is 7.09. The maximum atomic E-state index is 12.3. The van der Waals surface area contributed by atoms with Crippen molar-refractivity contribution < 1.29 is 9.90 Å². The van der Waals surface area contributed by atoms with Crippen molar-refractivity contribution in [1.29, 1.82) is 0 Å². The van der Waals surface area contributed by atoms with Crippen molar-refractivity contribution in [3.8, 4) is 17.1 Å². The summed E-state index contributed by atoms with van der Waals surface area (Å²) in [7, 11) is 0. The SMILES string of the molecule is O=C(N/N=C/c1cccnc1)c1ccc2nc(-c3ccccc3O)[nH]c2c1. The van der Waals surface area contributed by atoms with Crippen molar-refractivity contribution in [3.05, 3.63) is 78.1 Å². The molecular weight excluding hydrogens is 342 g/mol. The van der Waals surface area contributed by atoms with Crippen LogP contribution in [0.2, 0.25) is 0 Å². The molecule has 0 atom stereocenters. The first kappa shape index (κ1) is 16.5. The molecule has 0 spiro atoms. The summed E-state index contributed by atoms with van der Waals surface area (Å²) < 4.78 is 0. The molecule has 4 aromatic rings. The van der Waals surface area contributed by atoms with Crippen molar-refractivity contribution in [1.82, 2.24) is 20.4 Å². The van der Waals surface area contributed by atoms with Crippen LogP contribution in [0, 0.1) is 0 Å². The molecule has 7 nitrogen and oxygen atoms in total. The van der Waals surface area contributed by atoms with E-state index in [1.54, 1.807) is 54.9 Å². The highest BCUT2D eigenvalue weighted by Crippen LogP contribution is 2.28. The number of phenols is 1. The molecule has 0 saturated heterocycles. The second-order valence-electron chi connectivity index (χ2n) is 5.82. The Labute approximate surface area is 154 Å². The van der Waals surface area contributed by atoms with E-state index in [0.717, 1.165) is 5.56 Å². The lowest BCUT2D eigenvalue weighted by atomic mass is 10.2. The maximum absolute atomic E-state index is 12.3. The summed E-state index contributed by atoms with van der Waals surface area (Å²) in [6.45, 7) is 0. The second-order valence-corrected chi connectivity index (χ2v) is 5.82. The summed E-state index contributed by atoms with van der Waals surface area (Å²) in [5.41, 5.74) is 5.70. The minimum atomic E-state index is -0.337. The Balaban J connectivity index is 1.55. The first-order chi connectivity index (χ1) is 13.2. The predicted molar refractivity (Wildman–Crippen MR) is 102 cm³/mol. The third-order valence-corrected chi connectivity index (χ3v) is 3.97. The van der Waals surface area contributed by atoms with Crippen molar-refractivity contribution in [2.24, 2.45) is 5.10 Å². The Morgan fingerprint density at radius 1 is 1.15 bits per heavy atom. The third kappa shape index (κ3) is 3.52. The molecule has 0 radical (unpaired) electrons. The Hall–Kier alpha value is -4.00. The fourth-order valence-electron chi connectivity index (χ4n) is 2.63. The van der Waals surface area contributed by atoms with Crippen LogP contribution >= 0.6 is 0 Å². The first-order valence-electron chi connectivity index (χ1n) is 8.22. The number of aromatic hydroxyl groups is 1. The number of pyridine rings is 1. The maximum Gasteiger partial charge on any atom is 0.271 e. The number of hydrogen-bond donors (Lipinski definition) is 3. The number of carbonyl (C=O) groups excluding carboxylic acids is 1. The molecule has 4 rings (SSSR count). The van der Waals surface area contributed by atoms with Crippen LogP contribution in [-0.2, 0) is 0 Å². The monoisotopic (exact) mass is 357 g/mol. The molecule has 3 N–H and O–H groups in total. The number of amides is 1. The van der Waals surface area contributed by atoms with E-state index >= 15 is 0 Å². The van der Waals surface area contributed by atoms with Gasteiger partial charge in [0.25, 0.3) is 5.91 Å². The molecule has 2 heterocycles. The molecule has 0 bridgehead atoms. The number of fused-ring (bicyclic) bond motifs is 1. The van der Waals surface area contributed by atoms with Crippen molar-refractivity contribution in [3.63, 3.8) is 0 Å². The summed E-state index contributed by atoms with van der Waals surface area (Å²) in [4.78, 5) is 23.9. The van der Waals surface area contributed by atoms with E-state index in [2.05, 4.69) is 25.5 Å².